The normalized spacial score (nSPS) is 19.6. The first-order valence-electron chi connectivity index (χ1n) is 5.84. The van der Waals surface area contributed by atoms with Gasteiger partial charge in [0.2, 0.25) is 0 Å². The molecule has 1 aliphatic rings. The fraction of sp³-hybridized carbons (Fsp3) is 0.500. The van der Waals surface area contributed by atoms with Crippen LogP contribution in [0.3, 0.4) is 0 Å². The van der Waals surface area contributed by atoms with Gasteiger partial charge in [-0.05, 0) is 37.1 Å². The van der Waals surface area contributed by atoms with Crippen LogP contribution < -0.4 is 0 Å². The largest absolute Gasteiger partial charge is 0.381 e. The van der Waals surface area contributed by atoms with E-state index in [0.29, 0.717) is 0 Å². The minimum absolute atomic E-state index is 0.0725. The number of ether oxygens (including phenoxy) is 1. The molecule has 0 aliphatic carbocycles. The van der Waals surface area contributed by atoms with Gasteiger partial charge in [0.15, 0.2) is 16.1 Å². The number of hydrogen-bond acceptors (Lipinski definition) is 5. The molecule has 2 rings (SSSR count). The molecule has 1 aromatic rings. The van der Waals surface area contributed by atoms with E-state index in [1.165, 1.54) is 12.1 Å². The van der Waals surface area contributed by atoms with Crippen LogP contribution in [-0.2, 0) is 14.6 Å². The first-order chi connectivity index (χ1) is 8.90. The Morgan fingerprint density at radius 2 is 1.68 bits per heavy atom. The standard InChI is InChI=1S/C12H15BrO5S/c13-9-1-3-10(4-2-9)19(16,17)12(11(14)15)5-7-18-8-6-12/h1-4,11,14-15H,5-8H2. The van der Waals surface area contributed by atoms with Crippen LogP contribution in [-0.4, -0.2) is 42.9 Å². The Bertz CT molecular complexity index is 532. The highest BCUT2D eigenvalue weighted by atomic mass is 79.9. The topological polar surface area (TPSA) is 83.8 Å². The molecule has 0 atom stereocenters. The van der Waals surface area contributed by atoms with Gasteiger partial charge in [-0.3, -0.25) is 0 Å². The van der Waals surface area contributed by atoms with E-state index in [2.05, 4.69) is 15.9 Å². The molecule has 7 heteroatoms. The summed E-state index contributed by atoms with van der Waals surface area (Å²) in [7, 11) is -3.84. The highest BCUT2D eigenvalue weighted by molar-refractivity contribution is 9.10. The fourth-order valence-corrected chi connectivity index (χ4v) is 4.44. The Morgan fingerprint density at radius 3 is 2.16 bits per heavy atom. The number of aliphatic hydroxyl groups is 2. The van der Waals surface area contributed by atoms with Crippen molar-refractivity contribution in [2.45, 2.75) is 28.8 Å². The highest BCUT2D eigenvalue weighted by Gasteiger charge is 2.51. The first-order valence-corrected chi connectivity index (χ1v) is 8.12. The molecule has 0 spiro atoms. The van der Waals surface area contributed by atoms with Gasteiger partial charge in [0.1, 0.15) is 4.75 Å². The Balaban J connectivity index is 2.48. The average Bonchev–Trinajstić information content (AvgIpc) is 2.39. The number of hydrogen-bond donors (Lipinski definition) is 2. The van der Waals surface area contributed by atoms with E-state index in [-0.39, 0.29) is 31.0 Å². The minimum Gasteiger partial charge on any atom is -0.381 e. The molecule has 1 fully saturated rings. The third kappa shape index (κ3) is 2.57. The van der Waals surface area contributed by atoms with E-state index in [9.17, 15) is 18.6 Å². The molecule has 0 saturated carbocycles. The third-order valence-corrected chi connectivity index (χ3v) is 6.58. The van der Waals surface area contributed by atoms with Crippen LogP contribution in [0.1, 0.15) is 12.8 Å². The summed E-state index contributed by atoms with van der Waals surface area (Å²) in [6.45, 7) is 0.404. The van der Waals surface area contributed by atoms with Gasteiger partial charge in [-0.2, -0.15) is 0 Å². The number of benzene rings is 1. The lowest BCUT2D eigenvalue weighted by Crippen LogP contribution is -2.52. The van der Waals surface area contributed by atoms with E-state index in [4.69, 9.17) is 4.74 Å². The van der Waals surface area contributed by atoms with Gasteiger partial charge in [0.05, 0.1) is 4.90 Å². The maximum absolute atomic E-state index is 12.7. The van der Waals surface area contributed by atoms with Crippen LogP contribution in [0.5, 0.6) is 0 Å². The molecular weight excluding hydrogens is 336 g/mol. The predicted octanol–water partition coefficient (Wildman–Crippen LogP) is 1.08. The monoisotopic (exact) mass is 350 g/mol. The summed E-state index contributed by atoms with van der Waals surface area (Å²) in [6, 6.07) is 6.14. The average molecular weight is 351 g/mol. The summed E-state index contributed by atoms with van der Waals surface area (Å²) in [4.78, 5) is 0.0886. The van der Waals surface area contributed by atoms with E-state index < -0.39 is 20.9 Å². The van der Waals surface area contributed by atoms with Crippen LogP contribution in [0.25, 0.3) is 0 Å². The Morgan fingerprint density at radius 1 is 1.16 bits per heavy atom. The molecule has 0 radical (unpaired) electrons. The van der Waals surface area contributed by atoms with Crippen LogP contribution in [0.2, 0.25) is 0 Å². The maximum atomic E-state index is 12.7. The zero-order valence-electron chi connectivity index (χ0n) is 10.1. The van der Waals surface area contributed by atoms with Gasteiger partial charge >= 0.3 is 0 Å². The van der Waals surface area contributed by atoms with E-state index in [0.717, 1.165) is 4.47 Å². The van der Waals surface area contributed by atoms with Crippen LogP contribution >= 0.6 is 15.9 Å². The van der Waals surface area contributed by atoms with Crippen molar-refractivity contribution in [2.75, 3.05) is 13.2 Å². The SMILES string of the molecule is O=S(=O)(c1ccc(Br)cc1)C1(C(O)O)CCOCC1. The van der Waals surface area contributed by atoms with Crippen molar-refractivity contribution in [3.05, 3.63) is 28.7 Å². The molecule has 1 heterocycles. The van der Waals surface area contributed by atoms with Crippen molar-refractivity contribution in [3.63, 3.8) is 0 Å². The van der Waals surface area contributed by atoms with E-state index >= 15 is 0 Å². The van der Waals surface area contributed by atoms with Gasteiger partial charge in [0.25, 0.3) is 0 Å². The molecule has 1 aromatic carbocycles. The molecule has 0 aromatic heterocycles. The van der Waals surface area contributed by atoms with Gasteiger partial charge in [-0.15, -0.1) is 0 Å². The second-order valence-corrected chi connectivity index (χ2v) is 7.72. The maximum Gasteiger partial charge on any atom is 0.189 e. The quantitative estimate of drug-likeness (QED) is 0.797. The first kappa shape index (κ1) is 14.9. The number of halogens is 1. The zero-order chi connectivity index (χ0) is 14.1. The van der Waals surface area contributed by atoms with Gasteiger partial charge in [0, 0.05) is 17.7 Å². The summed E-state index contributed by atoms with van der Waals surface area (Å²) >= 11 is 3.24. The summed E-state index contributed by atoms with van der Waals surface area (Å²) in [5.74, 6) is 0. The molecule has 2 N–H and O–H groups in total. The number of sulfone groups is 1. The number of aliphatic hydroxyl groups excluding tert-OH is 1. The summed E-state index contributed by atoms with van der Waals surface area (Å²) in [5.41, 5.74) is 0. The van der Waals surface area contributed by atoms with E-state index in [1.807, 2.05) is 0 Å². The molecule has 0 bridgehead atoms. The van der Waals surface area contributed by atoms with Gasteiger partial charge in [-0.25, -0.2) is 8.42 Å². The zero-order valence-corrected chi connectivity index (χ0v) is 12.5. The smallest absolute Gasteiger partial charge is 0.189 e. The molecule has 0 amide bonds. The van der Waals surface area contributed by atoms with Crippen LogP contribution in [0.15, 0.2) is 33.6 Å². The van der Waals surface area contributed by atoms with Crippen molar-refractivity contribution < 1.29 is 23.4 Å². The molecule has 1 saturated heterocycles. The molecular formula is C12H15BrO5S. The lowest BCUT2D eigenvalue weighted by atomic mass is 9.98. The van der Waals surface area contributed by atoms with Crippen molar-refractivity contribution in [1.29, 1.82) is 0 Å². The van der Waals surface area contributed by atoms with Crippen molar-refractivity contribution in [1.82, 2.24) is 0 Å². The lowest BCUT2D eigenvalue weighted by Gasteiger charge is -2.37. The molecule has 1 aliphatic heterocycles. The second kappa shape index (κ2) is 5.49. The second-order valence-electron chi connectivity index (χ2n) is 4.51. The summed E-state index contributed by atoms with van der Waals surface area (Å²) in [6.07, 6.45) is -1.78. The Hall–Kier alpha value is -0.470. The highest BCUT2D eigenvalue weighted by Crippen LogP contribution is 2.37. The van der Waals surface area contributed by atoms with Gasteiger partial charge < -0.3 is 14.9 Å². The molecule has 0 unspecified atom stereocenters. The van der Waals surface area contributed by atoms with Crippen LogP contribution in [0, 0.1) is 0 Å². The Kier molecular flexibility index (Phi) is 4.32. The summed E-state index contributed by atoms with van der Waals surface area (Å²) < 4.78 is 29.6. The van der Waals surface area contributed by atoms with Crippen molar-refractivity contribution in [2.24, 2.45) is 0 Å². The Labute approximate surface area is 120 Å². The van der Waals surface area contributed by atoms with Crippen molar-refractivity contribution >= 4 is 25.8 Å². The van der Waals surface area contributed by atoms with Crippen LogP contribution in [0.4, 0.5) is 0 Å². The van der Waals surface area contributed by atoms with Crippen molar-refractivity contribution in [3.8, 4) is 0 Å². The molecule has 19 heavy (non-hydrogen) atoms. The fourth-order valence-electron chi connectivity index (χ4n) is 2.23. The third-order valence-electron chi connectivity index (χ3n) is 3.47. The van der Waals surface area contributed by atoms with E-state index in [1.54, 1.807) is 12.1 Å². The molecule has 5 nitrogen and oxygen atoms in total. The van der Waals surface area contributed by atoms with Gasteiger partial charge in [-0.1, -0.05) is 15.9 Å². The molecule has 106 valence electrons. The predicted molar refractivity (Wildman–Crippen MR) is 72.3 cm³/mol. The summed E-state index contributed by atoms with van der Waals surface area (Å²) in [5, 5.41) is 19.2. The lowest BCUT2D eigenvalue weighted by molar-refractivity contribution is -0.0976. The minimum atomic E-state index is -3.84. The number of rotatable bonds is 3.